The fraction of sp³-hybridized carbons (Fsp3) is 0.421. The molecule has 0 spiro atoms. The van der Waals surface area contributed by atoms with Gasteiger partial charge in [-0.3, -0.25) is 14.7 Å². The smallest absolute Gasteiger partial charge is 0.308 e. The first kappa shape index (κ1) is 15.9. The van der Waals surface area contributed by atoms with Crippen molar-refractivity contribution in [2.45, 2.75) is 32.1 Å². The molecule has 1 aromatic carbocycles. The highest BCUT2D eigenvalue weighted by Crippen LogP contribution is 2.36. The van der Waals surface area contributed by atoms with Crippen LogP contribution in [-0.4, -0.2) is 45.2 Å². The van der Waals surface area contributed by atoms with E-state index in [1.54, 1.807) is 4.90 Å². The predicted octanol–water partition coefficient (Wildman–Crippen LogP) is 2.15. The van der Waals surface area contributed by atoms with E-state index in [1.807, 2.05) is 31.2 Å². The van der Waals surface area contributed by atoms with Crippen LogP contribution in [0.25, 0.3) is 0 Å². The standard InChI is InChI=1S/C19H21N3O3/c1-11-5-2-3-6-12(11)14-9-22(10-15(14)19(24)25)18(23)17-13-7-4-8-16(13)20-21-17/h2-3,5-6,14-15H,4,7-10H2,1H3,(H,20,21)(H,24,25). The van der Waals surface area contributed by atoms with Crippen molar-refractivity contribution in [3.05, 3.63) is 52.3 Å². The van der Waals surface area contributed by atoms with Gasteiger partial charge in [-0.2, -0.15) is 5.10 Å². The Morgan fingerprint density at radius 1 is 1.24 bits per heavy atom. The number of likely N-dealkylation sites (tertiary alicyclic amines) is 1. The summed E-state index contributed by atoms with van der Waals surface area (Å²) in [5, 5.41) is 16.8. The monoisotopic (exact) mass is 339 g/mol. The highest BCUT2D eigenvalue weighted by atomic mass is 16.4. The van der Waals surface area contributed by atoms with E-state index in [4.69, 9.17) is 0 Å². The molecule has 2 aliphatic rings. The van der Waals surface area contributed by atoms with Gasteiger partial charge in [-0.25, -0.2) is 0 Å². The molecule has 2 atom stereocenters. The van der Waals surface area contributed by atoms with E-state index in [-0.39, 0.29) is 18.4 Å². The number of nitrogens with one attached hydrogen (secondary N) is 1. The summed E-state index contributed by atoms with van der Waals surface area (Å²) in [5.74, 6) is -1.77. The lowest BCUT2D eigenvalue weighted by atomic mass is 9.86. The molecule has 0 bridgehead atoms. The summed E-state index contributed by atoms with van der Waals surface area (Å²) in [5.41, 5.74) is 4.61. The average Bonchev–Trinajstić information content (AvgIpc) is 3.29. The molecule has 4 rings (SSSR count). The van der Waals surface area contributed by atoms with Crippen LogP contribution in [0.4, 0.5) is 0 Å². The summed E-state index contributed by atoms with van der Waals surface area (Å²) in [7, 11) is 0. The molecule has 1 aliphatic heterocycles. The molecule has 1 amide bonds. The van der Waals surface area contributed by atoms with E-state index in [0.29, 0.717) is 12.2 Å². The maximum atomic E-state index is 12.9. The molecule has 1 saturated heterocycles. The number of aryl methyl sites for hydroxylation is 2. The predicted molar refractivity (Wildman–Crippen MR) is 91.6 cm³/mol. The number of benzene rings is 1. The van der Waals surface area contributed by atoms with Crippen LogP contribution in [0, 0.1) is 12.8 Å². The summed E-state index contributed by atoms with van der Waals surface area (Å²) in [6, 6.07) is 7.82. The van der Waals surface area contributed by atoms with Gasteiger partial charge in [0.15, 0.2) is 5.69 Å². The summed E-state index contributed by atoms with van der Waals surface area (Å²) in [6.07, 6.45) is 2.83. The lowest BCUT2D eigenvalue weighted by Crippen LogP contribution is -2.30. The van der Waals surface area contributed by atoms with Crippen molar-refractivity contribution in [1.29, 1.82) is 0 Å². The fourth-order valence-corrected chi connectivity index (χ4v) is 4.18. The molecule has 2 heterocycles. The van der Waals surface area contributed by atoms with Crippen molar-refractivity contribution in [1.82, 2.24) is 15.1 Å². The zero-order valence-electron chi connectivity index (χ0n) is 14.2. The minimum Gasteiger partial charge on any atom is -0.481 e. The Kier molecular flexibility index (Phi) is 3.82. The van der Waals surface area contributed by atoms with Crippen molar-refractivity contribution < 1.29 is 14.7 Å². The van der Waals surface area contributed by atoms with E-state index in [2.05, 4.69) is 10.2 Å². The second kappa shape index (κ2) is 6.02. The third kappa shape index (κ3) is 2.62. The number of aromatic amines is 1. The summed E-state index contributed by atoms with van der Waals surface area (Å²) < 4.78 is 0. The van der Waals surface area contributed by atoms with Crippen molar-refractivity contribution >= 4 is 11.9 Å². The van der Waals surface area contributed by atoms with Gasteiger partial charge in [-0.05, 0) is 37.3 Å². The summed E-state index contributed by atoms with van der Waals surface area (Å²) in [6.45, 7) is 2.64. The van der Waals surface area contributed by atoms with Crippen LogP contribution in [-0.2, 0) is 17.6 Å². The Labute approximate surface area is 145 Å². The van der Waals surface area contributed by atoms with Gasteiger partial charge in [0.05, 0.1) is 5.92 Å². The molecule has 1 aromatic heterocycles. The average molecular weight is 339 g/mol. The Bertz CT molecular complexity index is 842. The number of aliphatic carboxylic acids is 1. The van der Waals surface area contributed by atoms with Gasteiger partial charge < -0.3 is 10.0 Å². The zero-order valence-corrected chi connectivity index (χ0v) is 14.2. The number of carbonyl (C=O) groups excluding carboxylic acids is 1. The molecule has 0 radical (unpaired) electrons. The minimum absolute atomic E-state index is 0.151. The number of carbonyl (C=O) groups is 2. The van der Waals surface area contributed by atoms with E-state index < -0.39 is 11.9 Å². The van der Waals surface area contributed by atoms with Gasteiger partial charge in [0.1, 0.15) is 0 Å². The number of fused-ring (bicyclic) bond motifs is 1. The van der Waals surface area contributed by atoms with E-state index in [0.717, 1.165) is 41.6 Å². The van der Waals surface area contributed by atoms with E-state index in [1.165, 1.54) is 0 Å². The molecule has 130 valence electrons. The van der Waals surface area contributed by atoms with Gasteiger partial charge in [0, 0.05) is 30.3 Å². The Balaban J connectivity index is 1.63. The molecule has 1 aliphatic carbocycles. The lowest BCUT2D eigenvalue weighted by molar-refractivity contribution is -0.141. The quantitative estimate of drug-likeness (QED) is 0.897. The third-order valence-corrected chi connectivity index (χ3v) is 5.52. The van der Waals surface area contributed by atoms with Crippen LogP contribution >= 0.6 is 0 Å². The fourth-order valence-electron chi connectivity index (χ4n) is 4.18. The topological polar surface area (TPSA) is 86.3 Å². The first-order valence-electron chi connectivity index (χ1n) is 8.70. The number of H-pyrrole nitrogens is 1. The second-order valence-electron chi connectivity index (χ2n) is 7.00. The number of hydrogen-bond donors (Lipinski definition) is 2. The van der Waals surface area contributed by atoms with Crippen molar-refractivity contribution in [3.8, 4) is 0 Å². The zero-order chi connectivity index (χ0) is 17.6. The van der Waals surface area contributed by atoms with Crippen molar-refractivity contribution in [2.75, 3.05) is 13.1 Å². The number of aromatic nitrogens is 2. The van der Waals surface area contributed by atoms with Gasteiger partial charge >= 0.3 is 5.97 Å². The number of carboxylic acids is 1. The Hall–Kier alpha value is -2.63. The maximum absolute atomic E-state index is 12.9. The maximum Gasteiger partial charge on any atom is 0.308 e. The molecular formula is C19H21N3O3. The summed E-state index contributed by atoms with van der Waals surface area (Å²) >= 11 is 0. The third-order valence-electron chi connectivity index (χ3n) is 5.52. The molecule has 0 saturated carbocycles. The van der Waals surface area contributed by atoms with Gasteiger partial charge in [0.2, 0.25) is 0 Å². The summed E-state index contributed by atoms with van der Waals surface area (Å²) in [4.78, 5) is 26.4. The SMILES string of the molecule is Cc1ccccc1C1CN(C(=O)c2n[nH]c3c2CCC3)CC1C(=O)O. The largest absolute Gasteiger partial charge is 0.481 e. The number of hydrogen-bond acceptors (Lipinski definition) is 3. The molecule has 2 aromatic rings. The van der Waals surface area contributed by atoms with E-state index in [9.17, 15) is 14.7 Å². The normalized spacial score (nSPS) is 22.2. The van der Waals surface area contributed by atoms with Crippen LogP contribution in [0.1, 0.15) is 45.2 Å². The molecule has 6 nitrogen and oxygen atoms in total. The van der Waals surface area contributed by atoms with Gasteiger partial charge in [-0.1, -0.05) is 24.3 Å². The van der Waals surface area contributed by atoms with Crippen LogP contribution in [0.2, 0.25) is 0 Å². The van der Waals surface area contributed by atoms with Gasteiger partial charge in [-0.15, -0.1) is 0 Å². The molecule has 2 N–H and O–H groups in total. The Morgan fingerprint density at radius 2 is 2.04 bits per heavy atom. The first-order chi connectivity index (χ1) is 12.1. The number of carboxylic acid groups (broad SMARTS) is 1. The van der Waals surface area contributed by atoms with Crippen LogP contribution in [0.3, 0.4) is 0 Å². The highest BCUT2D eigenvalue weighted by Gasteiger charge is 2.42. The molecule has 2 unspecified atom stereocenters. The first-order valence-corrected chi connectivity index (χ1v) is 8.70. The lowest BCUT2D eigenvalue weighted by Gasteiger charge is -2.17. The number of nitrogens with zero attached hydrogens (tertiary/aromatic N) is 2. The Morgan fingerprint density at radius 3 is 2.80 bits per heavy atom. The van der Waals surface area contributed by atoms with Crippen molar-refractivity contribution in [2.24, 2.45) is 5.92 Å². The molecule has 6 heteroatoms. The second-order valence-corrected chi connectivity index (χ2v) is 7.00. The van der Waals surface area contributed by atoms with Crippen LogP contribution in [0.15, 0.2) is 24.3 Å². The van der Waals surface area contributed by atoms with Crippen molar-refractivity contribution in [3.63, 3.8) is 0 Å². The van der Waals surface area contributed by atoms with Crippen LogP contribution < -0.4 is 0 Å². The van der Waals surface area contributed by atoms with E-state index >= 15 is 0 Å². The molecule has 25 heavy (non-hydrogen) atoms. The molecular weight excluding hydrogens is 318 g/mol. The highest BCUT2D eigenvalue weighted by molar-refractivity contribution is 5.95. The number of rotatable bonds is 3. The molecule has 1 fully saturated rings. The minimum atomic E-state index is -0.851. The van der Waals surface area contributed by atoms with Gasteiger partial charge in [0.25, 0.3) is 5.91 Å². The number of amides is 1. The van der Waals surface area contributed by atoms with Crippen LogP contribution in [0.5, 0.6) is 0 Å².